The minimum atomic E-state index is -4.04. The Labute approximate surface area is 426 Å². The molecule has 71 heavy (non-hydrogen) atoms. The summed E-state index contributed by atoms with van der Waals surface area (Å²) in [5, 5.41) is 19.9. The highest BCUT2D eigenvalue weighted by Gasteiger charge is 2.29. The Morgan fingerprint density at radius 1 is 0.380 bits per heavy atom. The van der Waals surface area contributed by atoms with E-state index < -0.39 is 81.8 Å². The second-order valence-electron chi connectivity index (χ2n) is 22.3. The van der Waals surface area contributed by atoms with Crippen LogP contribution in [0.5, 0.6) is 0 Å². The Balaban J connectivity index is 5.46. The van der Waals surface area contributed by atoms with Gasteiger partial charge in [-0.15, -0.1) is 0 Å². The summed E-state index contributed by atoms with van der Waals surface area (Å²) >= 11 is 0. The first-order chi connectivity index (χ1) is 32.7. The van der Waals surface area contributed by atoms with Crippen molar-refractivity contribution >= 4 is 57.3 Å². The number of amides is 8. The zero-order chi connectivity index (χ0) is 54.9. The molecule has 9 atom stereocenters. The van der Waals surface area contributed by atoms with Crippen molar-refractivity contribution in [1.82, 2.24) is 41.9 Å². The predicted molar refractivity (Wildman–Crippen MR) is 278 cm³/mol. The standard InChI is InChI=1S/C50H96N10O10S/c1-28(2)16-37(21-43(52)61)56-44(62)20-35(14)54-49(67)25-41(32(9)10)59-47(65)23-39(18-30(5)6)60-71(69,70)27-36(15)55-50(68)26-42(33(11)12)58-46(64)22-38(17-29(3)4)57-45(63)19-34(13)53-48(66)24-40(51)31(7)8/h28-42,60H,16-27,51H2,1-15H3,(H2,52,61)(H,53,66)(H,54,67)(H,55,68)(H,56,62)(H,57,63)(H,58,64)(H,59,65)/t34-,35-,36-,37-,38-,39-,40+,41+,42+/m0/s1. The quantitative estimate of drug-likeness (QED) is 0.0435. The molecule has 0 aromatic carbocycles. The van der Waals surface area contributed by atoms with Crippen LogP contribution < -0.4 is 53.4 Å². The number of hydrogen-bond acceptors (Lipinski definition) is 11. The molecule has 0 aliphatic carbocycles. The van der Waals surface area contributed by atoms with Crippen LogP contribution in [0.4, 0.5) is 0 Å². The van der Waals surface area contributed by atoms with Crippen molar-refractivity contribution in [3.8, 4) is 0 Å². The van der Waals surface area contributed by atoms with E-state index in [9.17, 15) is 46.8 Å². The molecule has 0 aliphatic heterocycles. The van der Waals surface area contributed by atoms with Gasteiger partial charge < -0.3 is 48.7 Å². The first-order valence-corrected chi connectivity index (χ1v) is 27.4. The maximum absolute atomic E-state index is 13.5. The van der Waals surface area contributed by atoms with E-state index in [0.29, 0.717) is 19.3 Å². The summed E-state index contributed by atoms with van der Waals surface area (Å²) in [6.07, 6.45) is 1.11. The minimum absolute atomic E-state index is 0.00890. The molecule has 0 saturated heterocycles. The number of hydrogen-bond donors (Lipinski definition) is 10. The number of sulfonamides is 1. The lowest BCUT2D eigenvalue weighted by Crippen LogP contribution is -2.49. The summed E-state index contributed by atoms with van der Waals surface area (Å²) in [6.45, 7) is 27.9. The highest BCUT2D eigenvalue weighted by Crippen LogP contribution is 2.15. The predicted octanol–water partition coefficient (Wildman–Crippen LogP) is 2.77. The van der Waals surface area contributed by atoms with Crippen LogP contribution in [0.2, 0.25) is 0 Å². The van der Waals surface area contributed by atoms with Crippen LogP contribution in [0, 0.1) is 35.5 Å². The number of nitrogens with two attached hydrogens (primary N) is 2. The van der Waals surface area contributed by atoms with Crippen molar-refractivity contribution < 1.29 is 46.8 Å². The third-order valence-corrected chi connectivity index (χ3v) is 13.4. The van der Waals surface area contributed by atoms with Gasteiger partial charge in [-0.3, -0.25) is 38.4 Å². The maximum atomic E-state index is 13.5. The summed E-state index contributed by atoms with van der Waals surface area (Å²) < 4.78 is 29.6. The van der Waals surface area contributed by atoms with E-state index in [1.54, 1.807) is 20.8 Å². The number of carbonyl (C=O) groups is 8. The van der Waals surface area contributed by atoms with Crippen LogP contribution in [0.15, 0.2) is 0 Å². The fourth-order valence-corrected chi connectivity index (χ4v) is 9.68. The second-order valence-corrected chi connectivity index (χ2v) is 24.1. The smallest absolute Gasteiger partial charge is 0.222 e. The van der Waals surface area contributed by atoms with Gasteiger partial charge in [-0.25, -0.2) is 13.1 Å². The van der Waals surface area contributed by atoms with Crippen molar-refractivity contribution in [2.24, 2.45) is 47.0 Å². The van der Waals surface area contributed by atoms with E-state index in [2.05, 4.69) is 41.9 Å². The second kappa shape index (κ2) is 33.4. The summed E-state index contributed by atoms with van der Waals surface area (Å²) in [4.78, 5) is 103. The van der Waals surface area contributed by atoms with Gasteiger partial charge in [-0.05, 0) is 75.5 Å². The molecule has 0 fully saturated rings. The average Bonchev–Trinajstić information content (AvgIpc) is 3.14. The van der Waals surface area contributed by atoms with Crippen LogP contribution in [0.25, 0.3) is 0 Å². The SMILES string of the molecule is CC(C)C[C@@H](CC(N)=O)NC(=O)C[C@H](C)NC(=O)C[C@@H](NC(=O)C[C@H](CC(C)C)NS(=O)(=O)C[C@H](C)NC(=O)C[C@@H](NC(=O)C[C@H](CC(C)C)NC(=O)C[C@H](C)NC(=O)C[C@@H](N)C(C)C)C(C)C)C(C)C. The van der Waals surface area contributed by atoms with Gasteiger partial charge in [-0.1, -0.05) is 83.1 Å². The van der Waals surface area contributed by atoms with E-state index in [0.717, 1.165) is 0 Å². The molecule has 0 radical (unpaired) electrons. The zero-order valence-corrected chi connectivity index (χ0v) is 46.6. The van der Waals surface area contributed by atoms with Crippen molar-refractivity contribution in [3.05, 3.63) is 0 Å². The zero-order valence-electron chi connectivity index (χ0n) is 45.8. The van der Waals surface area contributed by atoms with Crippen LogP contribution in [-0.4, -0.2) is 116 Å². The molecule has 0 heterocycles. The van der Waals surface area contributed by atoms with Gasteiger partial charge >= 0.3 is 0 Å². The lowest BCUT2D eigenvalue weighted by molar-refractivity contribution is -0.127. The molecule has 0 rings (SSSR count). The topological polar surface area (TPSA) is 319 Å². The molecule has 21 heteroatoms. The van der Waals surface area contributed by atoms with E-state index in [-0.39, 0.29) is 122 Å². The van der Waals surface area contributed by atoms with Crippen molar-refractivity contribution in [3.63, 3.8) is 0 Å². The van der Waals surface area contributed by atoms with Crippen LogP contribution in [0.3, 0.4) is 0 Å². The Hall–Kier alpha value is -4.37. The molecule has 8 amide bonds. The van der Waals surface area contributed by atoms with Gasteiger partial charge in [0.2, 0.25) is 57.3 Å². The monoisotopic (exact) mass is 1030 g/mol. The van der Waals surface area contributed by atoms with Crippen molar-refractivity contribution in [1.29, 1.82) is 0 Å². The molecule has 0 spiro atoms. The fourth-order valence-electron chi connectivity index (χ4n) is 8.15. The summed E-state index contributed by atoms with van der Waals surface area (Å²) in [6, 6.07) is -5.02. The van der Waals surface area contributed by atoms with Crippen molar-refractivity contribution in [2.75, 3.05) is 5.75 Å². The maximum Gasteiger partial charge on any atom is 0.222 e. The number of nitrogens with one attached hydrogen (secondary N) is 8. The minimum Gasteiger partial charge on any atom is -0.370 e. The lowest BCUT2D eigenvalue weighted by atomic mass is 9.97. The Bertz CT molecular complexity index is 1810. The van der Waals surface area contributed by atoms with Crippen LogP contribution >= 0.6 is 0 Å². The molecule has 0 bridgehead atoms. The molecular weight excluding hydrogens is 933 g/mol. The molecule has 0 saturated carbocycles. The van der Waals surface area contributed by atoms with Crippen LogP contribution in [-0.2, 0) is 48.4 Å². The highest BCUT2D eigenvalue weighted by atomic mass is 32.2. The first-order valence-electron chi connectivity index (χ1n) is 25.8. The summed E-state index contributed by atoms with van der Waals surface area (Å²) in [5.74, 6) is -3.40. The molecule has 412 valence electrons. The van der Waals surface area contributed by atoms with Crippen molar-refractivity contribution in [2.45, 2.75) is 229 Å². The van der Waals surface area contributed by atoms with E-state index in [1.165, 1.54) is 0 Å². The normalized spacial score (nSPS) is 15.8. The third kappa shape index (κ3) is 33.1. The number of rotatable bonds is 36. The molecule has 0 aliphatic rings. The Morgan fingerprint density at radius 3 is 1.07 bits per heavy atom. The summed E-state index contributed by atoms with van der Waals surface area (Å²) in [7, 11) is -4.04. The van der Waals surface area contributed by atoms with Gasteiger partial charge in [0.15, 0.2) is 0 Å². The van der Waals surface area contributed by atoms with E-state index >= 15 is 0 Å². The lowest BCUT2D eigenvalue weighted by Gasteiger charge is -2.26. The van der Waals surface area contributed by atoms with Gasteiger partial charge in [0, 0.05) is 106 Å². The van der Waals surface area contributed by atoms with Gasteiger partial charge in [0.25, 0.3) is 0 Å². The Kier molecular flexibility index (Phi) is 31.3. The fraction of sp³-hybridized carbons (Fsp3) is 0.840. The third-order valence-electron chi connectivity index (χ3n) is 11.7. The summed E-state index contributed by atoms with van der Waals surface area (Å²) in [5.41, 5.74) is 11.4. The van der Waals surface area contributed by atoms with E-state index in [1.807, 2.05) is 83.1 Å². The Morgan fingerprint density at radius 2 is 0.704 bits per heavy atom. The average molecular weight is 1030 g/mol. The molecular formula is C50H96N10O10S. The van der Waals surface area contributed by atoms with Crippen LogP contribution in [0.1, 0.15) is 174 Å². The molecule has 12 N–H and O–H groups in total. The number of carbonyl (C=O) groups excluding carboxylic acids is 8. The number of primary amides is 1. The van der Waals surface area contributed by atoms with Gasteiger partial charge in [-0.2, -0.15) is 0 Å². The molecule has 0 aromatic heterocycles. The largest absolute Gasteiger partial charge is 0.370 e. The molecule has 0 unspecified atom stereocenters. The van der Waals surface area contributed by atoms with Gasteiger partial charge in [0.05, 0.1) is 5.75 Å². The van der Waals surface area contributed by atoms with E-state index in [4.69, 9.17) is 11.5 Å². The first kappa shape index (κ1) is 66.6. The highest BCUT2D eigenvalue weighted by molar-refractivity contribution is 7.89. The molecule has 0 aromatic rings. The van der Waals surface area contributed by atoms with Gasteiger partial charge in [0.1, 0.15) is 0 Å². The molecule has 20 nitrogen and oxygen atoms in total.